The van der Waals surface area contributed by atoms with Gasteiger partial charge < -0.3 is 10.1 Å². The minimum Gasteiger partial charge on any atom is -0.383 e. The quantitative estimate of drug-likeness (QED) is 0.544. The summed E-state index contributed by atoms with van der Waals surface area (Å²) in [4.78, 5) is 12.3. The van der Waals surface area contributed by atoms with E-state index >= 15 is 0 Å². The van der Waals surface area contributed by atoms with Crippen LogP contribution in [0, 0.1) is 6.92 Å². The Bertz CT molecular complexity index is 975. The molecule has 1 heterocycles. The second kappa shape index (κ2) is 9.91. The number of hydrogen-bond donors (Lipinski definition) is 1. The molecule has 0 spiro atoms. The molecule has 0 aliphatic rings. The van der Waals surface area contributed by atoms with E-state index < -0.39 is 0 Å². The number of rotatable bonds is 8. The number of ether oxygens (including phenoxy) is 1. The lowest BCUT2D eigenvalue weighted by molar-refractivity contribution is -0.119. The SMILES string of the molecule is COCC(C)NC(=O)CSc1nnc(-c2ccc(Cl)cc2)n1-c1cccc(C)c1. The van der Waals surface area contributed by atoms with Gasteiger partial charge in [-0.15, -0.1) is 10.2 Å². The zero-order valence-corrected chi connectivity index (χ0v) is 18.1. The number of methoxy groups -OCH3 is 1. The van der Waals surface area contributed by atoms with Crippen molar-refractivity contribution in [1.82, 2.24) is 20.1 Å². The molecule has 3 aromatic rings. The third-order valence-electron chi connectivity index (χ3n) is 4.15. The van der Waals surface area contributed by atoms with Crippen molar-refractivity contribution in [2.24, 2.45) is 0 Å². The number of carbonyl (C=O) groups excluding carboxylic acids is 1. The predicted octanol–water partition coefficient (Wildman–Crippen LogP) is 4.14. The molecular formula is C21H23ClN4O2S. The largest absolute Gasteiger partial charge is 0.383 e. The third-order valence-corrected chi connectivity index (χ3v) is 5.33. The molecule has 0 radical (unpaired) electrons. The average molecular weight is 431 g/mol. The number of carbonyl (C=O) groups is 1. The van der Waals surface area contributed by atoms with Gasteiger partial charge in [0.05, 0.1) is 12.4 Å². The van der Waals surface area contributed by atoms with Gasteiger partial charge in [0.2, 0.25) is 5.91 Å². The molecule has 2 aromatic carbocycles. The Labute approximate surface area is 179 Å². The van der Waals surface area contributed by atoms with Crippen LogP contribution in [-0.2, 0) is 9.53 Å². The van der Waals surface area contributed by atoms with Crippen molar-refractivity contribution in [3.8, 4) is 17.1 Å². The standard InChI is InChI=1S/C21H23ClN4O2S/c1-14-5-4-6-18(11-14)26-20(16-7-9-17(22)10-8-16)24-25-21(26)29-13-19(27)23-15(2)12-28-3/h4-11,15H,12-13H2,1-3H3,(H,23,27). The summed E-state index contributed by atoms with van der Waals surface area (Å²) in [5, 5.41) is 12.9. The number of hydrogen-bond acceptors (Lipinski definition) is 5. The minimum atomic E-state index is -0.0774. The first kappa shape index (κ1) is 21.4. The zero-order chi connectivity index (χ0) is 20.8. The van der Waals surface area contributed by atoms with Crippen molar-refractivity contribution < 1.29 is 9.53 Å². The van der Waals surface area contributed by atoms with E-state index in [1.165, 1.54) is 11.8 Å². The van der Waals surface area contributed by atoms with Gasteiger partial charge in [0, 0.05) is 29.4 Å². The zero-order valence-electron chi connectivity index (χ0n) is 16.6. The minimum absolute atomic E-state index is 0.0487. The molecule has 3 rings (SSSR count). The highest BCUT2D eigenvalue weighted by Gasteiger charge is 2.18. The van der Waals surface area contributed by atoms with Gasteiger partial charge in [0.25, 0.3) is 0 Å². The van der Waals surface area contributed by atoms with Crippen LogP contribution >= 0.6 is 23.4 Å². The summed E-state index contributed by atoms with van der Waals surface area (Å²) in [6, 6.07) is 15.5. The fraction of sp³-hybridized carbons (Fsp3) is 0.286. The summed E-state index contributed by atoms with van der Waals surface area (Å²) < 4.78 is 7.02. The van der Waals surface area contributed by atoms with Crippen molar-refractivity contribution >= 4 is 29.3 Å². The molecular weight excluding hydrogens is 408 g/mol. The van der Waals surface area contributed by atoms with Crippen LogP contribution in [0.4, 0.5) is 0 Å². The third kappa shape index (κ3) is 5.59. The summed E-state index contributed by atoms with van der Waals surface area (Å²) in [5.74, 6) is 0.854. The maximum Gasteiger partial charge on any atom is 0.230 e. The first-order valence-corrected chi connectivity index (χ1v) is 10.5. The second-order valence-corrected chi connectivity index (χ2v) is 8.08. The van der Waals surface area contributed by atoms with E-state index in [1.54, 1.807) is 7.11 Å². The number of aromatic nitrogens is 3. The Balaban J connectivity index is 1.89. The maximum absolute atomic E-state index is 12.3. The molecule has 0 aliphatic heterocycles. The van der Waals surface area contributed by atoms with Crippen molar-refractivity contribution in [3.63, 3.8) is 0 Å². The van der Waals surface area contributed by atoms with Crippen molar-refractivity contribution in [1.29, 1.82) is 0 Å². The predicted molar refractivity (Wildman–Crippen MR) is 117 cm³/mol. The number of thioether (sulfide) groups is 1. The number of amides is 1. The summed E-state index contributed by atoms with van der Waals surface area (Å²) in [6.45, 7) is 4.41. The Morgan fingerprint density at radius 1 is 1.24 bits per heavy atom. The van der Waals surface area contributed by atoms with Crippen LogP contribution in [0.1, 0.15) is 12.5 Å². The molecule has 0 saturated carbocycles. The van der Waals surface area contributed by atoms with Gasteiger partial charge in [0.15, 0.2) is 11.0 Å². The molecule has 152 valence electrons. The lowest BCUT2D eigenvalue weighted by Gasteiger charge is -2.13. The van der Waals surface area contributed by atoms with E-state index in [2.05, 4.69) is 21.6 Å². The molecule has 8 heteroatoms. The monoisotopic (exact) mass is 430 g/mol. The molecule has 1 amide bonds. The summed E-state index contributed by atoms with van der Waals surface area (Å²) >= 11 is 7.38. The van der Waals surface area contributed by atoms with E-state index in [0.717, 1.165) is 16.8 Å². The number of aryl methyl sites for hydroxylation is 1. The Morgan fingerprint density at radius 2 is 2.00 bits per heavy atom. The molecule has 0 bridgehead atoms. The van der Waals surface area contributed by atoms with Crippen LogP contribution in [0.5, 0.6) is 0 Å². The number of nitrogens with zero attached hydrogens (tertiary/aromatic N) is 3. The topological polar surface area (TPSA) is 69.0 Å². The highest BCUT2D eigenvalue weighted by atomic mass is 35.5. The van der Waals surface area contributed by atoms with Gasteiger partial charge in [-0.25, -0.2) is 0 Å². The van der Waals surface area contributed by atoms with Gasteiger partial charge in [-0.2, -0.15) is 0 Å². The average Bonchev–Trinajstić information content (AvgIpc) is 3.11. The smallest absolute Gasteiger partial charge is 0.230 e. The Kier molecular flexibility index (Phi) is 7.30. The highest BCUT2D eigenvalue weighted by Crippen LogP contribution is 2.29. The number of benzene rings is 2. The first-order valence-electron chi connectivity index (χ1n) is 9.17. The summed E-state index contributed by atoms with van der Waals surface area (Å²) in [7, 11) is 1.61. The lowest BCUT2D eigenvalue weighted by Crippen LogP contribution is -2.36. The fourth-order valence-electron chi connectivity index (χ4n) is 2.89. The van der Waals surface area contributed by atoms with Gasteiger partial charge in [-0.3, -0.25) is 9.36 Å². The molecule has 1 atom stereocenters. The van der Waals surface area contributed by atoms with Gasteiger partial charge in [-0.05, 0) is 55.8 Å². The number of nitrogens with one attached hydrogen (secondary N) is 1. The van der Waals surface area contributed by atoms with E-state index in [-0.39, 0.29) is 17.7 Å². The van der Waals surface area contributed by atoms with Crippen molar-refractivity contribution in [2.45, 2.75) is 25.0 Å². The van der Waals surface area contributed by atoms with E-state index in [4.69, 9.17) is 16.3 Å². The summed E-state index contributed by atoms with van der Waals surface area (Å²) in [5.41, 5.74) is 2.96. The lowest BCUT2D eigenvalue weighted by atomic mass is 10.2. The van der Waals surface area contributed by atoms with Crippen molar-refractivity contribution in [2.75, 3.05) is 19.5 Å². The van der Waals surface area contributed by atoms with Gasteiger partial charge in [0.1, 0.15) is 0 Å². The van der Waals surface area contributed by atoms with Gasteiger partial charge >= 0.3 is 0 Å². The molecule has 1 N–H and O–H groups in total. The van der Waals surface area contributed by atoms with E-state index in [0.29, 0.717) is 22.6 Å². The van der Waals surface area contributed by atoms with Crippen LogP contribution < -0.4 is 5.32 Å². The Morgan fingerprint density at radius 3 is 2.69 bits per heavy atom. The van der Waals surface area contributed by atoms with E-state index in [9.17, 15) is 4.79 Å². The van der Waals surface area contributed by atoms with E-state index in [1.807, 2.05) is 60.9 Å². The van der Waals surface area contributed by atoms with Gasteiger partial charge in [-0.1, -0.05) is 35.5 Å². The second-order valence-electron chi connectivity index (χ2n) is 6.70. The molecule has 0 aliphatic carbocycles. The molecule has 0 fully saturated rings. The van der Waals surface area contributed by atoms with Crippen LogP contribution in [0.15, 0.2) is 53.7 Å². The highest BCUT2D eigenvalue weighted by molar-refractivity contribution is 7.99. The van der Waals surface area contributed by atoms with Crippen LogP contribution in [0.25, 0.3) is 17.1 Å². The number of halogens is 1. The molecule has 0 saturated heterocycles. The van der Waals surface area contributed by atoms with Crippen LogP contribution in [0.2, 0.25) is 5.02 Å². The van der Waals surface area contributed by atoms with Crippen LogP contribution in [0.3, 0.4) is 0 Å². The van der Waals surface area contributed by atoms with Crippen LogP contribution in [-0.4, -0.2) is 46.2 Å². The first-order chi connectivity index (χ1) is 14.0. The Hall–Kier alpha value is -2.35. The van der Waals surface area contributed by atoms with Crippen molar-refractivity contribution in [3.05, 3.63) is 59.1 Å². The normalized spacial score (nSPS) is 12.0. The maximum atomic E-state index is 12.3. The molecule has 6 nitrogen and oxygen atoms in total. The molecule has 1 aromatic heterocycles. The molecule has 29 heavy (non-hydrogen) atoms. The fourth-order valence-corrected chi connectivity index (χ4v) is 3.78. The molecule has 1 unspecified atom stereocenters. The summed E-state index contributed by atoms with van der Waals surface area (Å²) in [6.07, 6.45) is 0.